The van der Waals surface area contributed by atoms with E-state index in [-0.39, 0.29) is 24.6 Å². The van der Waals surface area contributed by atoms with Crippen LogP contribution in [0.1, 0.15) is 12.0 Å². The van der Waals surface area contributed by atoms with E-state index in [0.29, 0.717) is 6.61 Å². The Morgan fingerprint density at radius 3 is 2.90 bits per heavy atom. The number of ether oxygens (including phenoxy) is 1. The van der Waals surface area contributed by atoms with Crippen molar-refractivity contribution in [3.05, 3.63) is 23.8 Å². The van der Waals surface area contributed by atoms with Crippen LogP contribution in [0.3, 0.4) is 0 Å². The molecule has 118 valence electrons. The summed E-state index contributed by atoms with van der Waals surface area (Å²) in [5.41, 5.74) is 2.03. The molecule has 6 nitrogen and oxygen atoms in total. The van der Waals surface area contributed by atoms with Crippen molar-refractivity contribution in [2.24, 2.45) is 0 Å². The number of anilines is 1. The van der Waals surface area contributed by atoms with Crippen LogP contribution in [0.4, 0.5) is 5.69 Å². The molecule has 0 aromatic heterocycles. The van der Waals surface area contributed by atoms with Gasteiger partial charge < -0.3 is 15.2 Å². The van der Waals surface area contributed by atoms with Gasteiger partial charge in [0.2, 0.25) is 10.0 Å². The molecule has 0 amide bonds. The molecule has 0 saturated carbocycles. The lowest BCUT2D eigenvalue weighted by atomic mass is 10.0. The first kappa shape index (κ1) is 16.2. The van der Waals surface area contributed by atoms with E-state index in [0.717, 1.165) is 30.6 Å². The quantitative estimate of drug-likeness (QED) is 0.773. The van der Waals surface area contributed by atoms with Crippen LogP contribution in [0, 0.1) is 0 Å². The third kappa shape index (κ3) is 3.74. The Labute approximate surface area is 125 Å². The standard InChI is InChI=1S/C14H22N2O4S/c1-20-10-8-16(7-9-17)21(18,19)13-4-5-14-12(11-13)3-2-6-15-14/h4-5,11,15,17H,2-3,6-10H2,1H3. The van der Waals surface area contributed by atoms with Crippen molar-refractivity contribution < 1.29 is 18.3 Å². The summed E-state index contributed by atoms with van der Waals surface area (Å²) in [5, 5.41) is 12.3. The SMILES string of the molecule is COCCN(CCO)S(=O)(=O)c1ccc2c(c1)CCCN2. The first-order valence-electron chi connectivity index (χ1n) is 7.06. The zero-order chi connectivity index (χ0) is 15.3. The minimum atomic E-state index is -3.60. The van der Waals surface area contributed by atoms with Crippen molar-refractivity contribution in [3.63, 3.8) is 0 Å². The Morgan fingerprint density at radius 1 is 1.38 bits per heavy atom. The number of rotatable bonds is 7. The molecule has 2 N–H and O–H groups in total. The van der Waals surface area contributed by atoms with E-state index in [1.807, 2.05) is 6.07 Å². The molecule has 0 saturated heterocycles. The van der Waals surface area contributed by atoms with E-state index in [9.17, 15) is 8.42 Å². The number of hydrogen-bond acceptors (Lipinski definition) is 5. The highest BCUT2D eigenvalue weighted by atomic mass is 32.2. The Bertz CT molecular complexity index is 574. The zero-order valence-electron chi connectivity index (χ0n) is 12.2. The molecule has 0 fully saturated rings. The van der Waals surface area contributed by atoms with Crippen LogP contribution in [0.2, 0.25) is 0 Å². The summed E-state index contributed by atoms with van der Waals surface area (Å²) in [6.45, 7) is 1.31. The Morgan fingerprint density at radius 2 is 2.19 bits per heavy atom. The van der Waals surface area contributed by atoms with Gasteiger partial charge in [-0.15, -0.1) is 0 Å². The van der Waals surface area contributed by atoms with Crippen LogP contribution < -0.4 is 5.32 Å². The third-order valence-electron chi connectivity index (χ3n) is 3.55. The minimum absolute atomic E-state index is 0.0705. The van der Waals surface area contributed by atoms with Gasteiger partial charge in [0.1, 0.15) is 0 Å². The highest BCUT2D eigenvalue weighted by Gasteiger charge is 2.25. The first-order valence-corrected chi connectivity index (χ1v) is 8.50. The van der Waals surface area contributed by atoms with Crippen LogP contribution in [0.25, 0.3) is 0 Å². The number of nitrogens with one attached hydrogen (secondary N) is 1. The van der Waals surface area contributed by atoms with Gasteiger partial charge in [-0.05, 0) is 36.6 Å². The minimum Gasteiger partial charge on any atom is -0.395 e. The van der Waals surface area contributed by atoms with Gasteiger partial charge in [-0.1, -0.05) is 0 Å². The normalized spacial score (nSPS) is 14.8. The summed E-state index contributed by atoms with van der Waals surface area (Å²) in [6.07, 6.45) is 1.88. The fraction of sp³-hybridized carbons (Fsp3) is 0.571. The van der Waals surface area contributed by atoms with Gasteiger partial charge in [0.05, 0.1) is 18.1 Å². The average molecular weight is 314 g/mol. The number of sulfonamides is 1. The van der Waals surface area contributed by atoms with E-state index < -0.39 is 10.0 Å². The van der Waals surface area contributed by atoms with Gasteiger partial charge in [0.25, 0.3) is 0 Å². The number of aliphatic hydroxyl groups excluding tert-OH is 1. The van der Waals surface area contributed by atoms with Crippen molar-refractivity contribution in [3.8, 4) is 0 Å². The highest BCUT2D eigenvalue weighted by Crippen LogP contribution is 2.26. The number of hydrogen-bond donors (Lipinski definition) is 2. The largest absolute Gasteiger partial charge is 0.395 e. The molecule has 1 aliphatic heterocycles. The maximum Gasteiger partial charge on any atom is 0.243 e. The number of fused-ring (bicyclic) bond motifs is 1. The van der Waals surface area contributed by atoms with Crippen LogP contribution >= 0.6 is 0 Å². The van der Waals surface area contributed by atoms with Gasteiger partial charge in [-0.2, -0.15) is 4.31 Å². The van der Waals surface area contributed by atoms with Crippen molar-refractivity contribution in [2.75, 3.05) is 45.3 Å². The molecule has 21 heavy (non-hydrogen) atoms. The van der Waals surface area contributed by atoms with Gasteiger partial charge in [-0.3, -0.25) is 0 Å². The van der Waals surface area contributed by atoms with Crippen LogP contribution in [0.5, 0.6) is 0 Å². The summed E-state index contributed by atoms with van der Waals surface area (Å²) in [6, 6.07) is 5.16. The van der Waals surface area contributed by atoms with E-state index in [1.165, 1.54) is 11.4 Å². The van der Waals surface area contributed by atoms with Crippen LogP contribution in [0.15, 0.2) is 23.1 Å². The third-order valence-corrected chi connectivity index (χ3v) is 5.44. The van der Waals surface area contributed by atoms with E-state index in [2.05, 4.69) is 5.32 Å². The number of methoxy groups -OCH3 is 1. The smallest absolute Gasteiger partial charge is 0.243 e. The molecule has 0 aliphatic carbocycles. The van der Waals surface area contributed by atoms with E-state index in [1.54, 1.807) is 12.1 Å². The highest BCUT2D eigenvalue weighted by molar-refractivity contribution is 7.89. The number of benzene rings is 1. The molecule has 0 atom stereocenters. The molecule has 2 rings (SSSR count). The van der Waals surface area contributed by atoms with E-state index in [4.69, 9.17) is 9.84 Å². The Hall–Kier alpha value is -1.15. The molecule has 1 aromatic carbocycles. The number of aryl methyl sites for hydroxylation is 1. The Balaban J connectivity index is 2.28. The summed E-state index contributed by atoms with van der Waals surface area (Å²) >= 11 is 0. The fourth-order valence-electron chi connectivity index (χ4n) is 2.42. The molecule has 0 radical (unpaired) electrons. The van der Waals surface area contributed by atoms with E-state index >= 15 is 0 Å². The topological polar surface area (TPSA) is 78.9 Å². The lowest BCUT2D eigenvalue weighted by Gasteiger charge is -2.23. The maximum atomic E-state index is 12.7. The molecular weight excluding hydrogens is 292 g/mol. The summed E-state index contributed by atoms with van der Waals surface area (Å²) < 4.78 is 31.5. The average Bonchev–Trinajstić information content (AvgIpc) is 2.50. The van der Waals surface area contributed by atoms with Crippen LogP contribution in [-0.4, -0.2) is 57.8 Å². The van der Waals surface area contributed by atoms with Gasteiger partial charge >= 0.3 is 0 Å². The molecule has 1 aliphatic rings. The zero-order valence-corrected chi connectivity index (χ0v) is 13.0. The number of aliphatic hydroxyl groups is 1. The summed E-state index contributed by atoms with van der Waals surface area (Å²) in [4.78, 5) is 0.273. The monoisotopic (exact) mass is 314 g/mol. The Kier molecular flexibility index (Phi) is 5.58. The molecule has 0 bridgehead atoms. The van der Waals surface area contributed by atoms with Crippen molar-refractivity contribution in [1.82, 2.24) is 4.31 Å². The van der Waals surface area contributed by atoms with Crippen molar-refractivity contribution in [1.29, 1.82) is 0 Å². The fourth-order valence-corrected chi connectivity index (χ4v) is 3.88. The molecular formula is C14H22N2O4S. The lowest BCUT2D eigenvalue weighted by Crippen LogP contribution is -2.36. The lowest BCUT2D eigenvalue weighted by molar-refractivity contribution is 0.168. The predicted molar refractivity (Wildman–Crippen MR) is 81.0 cm³/mol. The predicted octanol–water partition coefficient (Wildman–Crippen LogP) is 0.674. The molecule has 0 unspecified atom stereocenters. The van der Waals surface area contributed by atoms with Gasteiger partial charge in [0.15, 0.2) is 0 Å². The van der Waals surface area contributed by atoms with Crippen molar-refractivity contribution in [2.45, 2.75) is 17.7 Å². The molecule has 0 spiro atoms. The van der Waals surface area contributed by atoms with Crippen molar-refractivity contribution >= 4 is 15.7 Å². The van der Waals surface area contributed by atoms with Crippen LogP contribution in [-0.2, 0) is 21.2 Å². The van der Waals surface area contributed by atoms with Gasteiger partial charge in [-0.25, -0.2) is 8.42 Å². The second-order valence-corrected chi connectivity index (χ2v) is 6.91. The second-order valence-electron chi connectivity index (χ2n) is 4.97. The first-order chi connectivity index (χ1) is 10.1. The second kappa shape index (κ2) is 7.22. The molecule has 1 aromatic rings. The molecule has 1 heterocycles. The number of nitrogens with zero attached hydrogens (tertiary/aromatic N) is 1. The molecule has 7 heteroatoms. The summed E-state index contributed by atoms with van der Waals surface area (Å²) in [7, 11) is -2.08. The maximum absolute atomic E-state index is 12.7. The van der Waals surface area contributed by atoms with Gasteiger partial charge in [0, 0.05) is 32.4 Å². The summed E-state index contributed by atoms with van der Waals surface area (Å²) in [5.74, 6) is 0.